The molecule has 1 saturated heterocycles. The first-order valence-electron chi connectivity index (χ1n) is 8.04. The zero-order valence-corrected chi connectivity index (χ0v) is 14.4. The normalized spacial score (nSPS) is 21.7. The Morgan fingerprint density at radius 2 is 1.56 bits per heavy atom. The van der Waals surface area contributed by atoms with E-state index in [-0.39, 0.29) is 5.78 Å². The first kappa shape index (κ1) is 17.3. The van der Waals surface area contributed by atoms with Gasteiger partial charge in [-0.3, -0.25) is 4.79 Å². The second-order valence-electron chi connectivity index (χ2n) is 6.32. The van der Waals surface area contributed by atoms with Gasteiger partial charge in [-0.1, -0.05) is 42.5 Å². The van der Waals surface area contributed by atoms with Crippen molar-refractivity contribution in [3.63, 3.8) is 0 Å². The Balaban J connectivity index is 1.90. The summed E-state index contributed by atoms with van der Waals surface area (Å²) in [5, 5.41) is 0. The van der Waals surface area contributed by atoms with Crippen molar-refractivity contribution in [1.82, 2.24) is 0 Å². The lowest BCUT2D eigenvalue weighted by molar-refractivity contribution is -0.143. The summed E-state index contributed by atoms with van der Waals surface area (Å²) in [6, 6.07) is 15.8. The van der Waals surface area contributed by atoms with Gasteiger partial charge in [-0.15, -0.1) is 0 Å². The third kappa shape index (κ3) is 3.62. The van der Waals surface area contributed by atoms with Gasteiger partial charge < -0.3 is 14.2 Å². The van der Waals surface area contributed by atoms with Gasteiger partial charge in [-0.2, -0.15) is 0 Å². The second kappa shape index (κ2) is 6.78. The smallest absolute Gasteiger partial charge is 0.337 e. The Morgan fingerprint density at radius 1 is 0.920 bits per heavy atom. The zero-order chi connectivity index (χ0) is 18.0. The lowest BCUT2D eigenvalue weighted by Crippen LogP contribution is -2.28. The highest BCUT2D eigenvalue weighted by atomic mass is 16.8. The maximum atomic E-state index is 12.9. The summed E-state index contributed by atoms with van der Waals surface area (Å²) in [4.78, 5) is 24.4. The lowest BCUT2D eigenvalue weighted by Gasteiger charge is -2.17. The Labute approximate surface area is 146 Å². The number of methoxy groups -OCH3 is 1. The second-order valence-corrected chi connectivity index (χ2v) is 6.32. The Bertz CT molecular complexity index is 764. The van der Waals surface area contributed by atoms with Crippen molar-refractivity contribution in [2.24, 2.45) is 0 Å². The number of ether oxygens (including phenoxy) is 3. The molecule has 0 amide bonds. The molecule has 0 aromatic heterocycles. The molecule has 0 bridgehead atoms. The van der Waals surface area contributed by atoms with Gasteiger partial charge in [0.2, 0.25) is 0 Å². The summed E-state index contributed by atoms with van der Waals surface area (Å²) in [6.45, 7) is 3.56. The summed E-state index contributed by atoms with van der Waals surface area (Å²) in [6.07, 6.45) is -1.30. The van der Waals surface area contributed by atoms with Gasteiger partial charge in [0.15, 0.2) is 17.7 Å². The number of benzene rings is 2. The summed E-state index contributed by atoms with van der Waals surface area (Å²) < 4.78 is 16.5. The molecule has 0 aliphatic carbocycles. The third-order valence-corrected chi connectivity index (χ3v) is 4.07. The number of esters is 1. The molecule has 2 aromatic rings. The molecule has 25 heavy (non-hydrogen) atoms. The lowest BCUT2D eigenvalue weighted by atomic mass is 9.96. The molecule has 130 valence electrons. The van der Waals surface area contributed by atoms with E-state index in [1.807, 2.05) is 18.2 Å². The first-order valence-corrected chi connectivity index (χ1v) is 8.04. The van der Waals surface area contributed by atoms with Crippen molar-refractivity contribution >= 4 is 11.8 Å². The maximum Gasteiger partial charge on any atom is 0.337 e. The zero-order valence-electron chi connectivity index (χ0n) is 14.4. The van der Waals surface area contributed by atoms with E-state index in [4.69, 9.17) is 14.2 Å². The molecule has 5 nitrogen and oxygen atoms in total. The molecule has 2 atom stereocenters. The minimum absolute atomic E-state index is 0.131. The van der Waals surface area contributed by atoms with E-state index in [1.165, 1.54) is 7.11 Å². The highest BCUT2D eigenvalue weighted by Gasteiger charge is 2.46. The van der Waals surface area contributed by atoms with Crippen LogP contribution in [0.5, 0.6) is 0 Å². The topological polar surface area (TPSA) is 61.8 Å². The molecule has 1 heterocycles. The molecular formula is C20H20O5. The summed E-state index contributed by atoms with van der Waals surface area (Å²) in [5.74, 6) is -1.42. The fraction of sp³-hybridized carbons (Fsp3) is 0.300. The van der Waals surface area contributed by atoms with Crippen molar-refractivity contribution in [3.8, 4) is 0 Å². The van der Waals surface area contributed by atoms with Crippen molar-refractivity contribution in [2.45, 2.75) is 31.8 Å². The molecule has 2 aromatic carbocycles. The van der Waals surface area contributed by atoms with Crippen molar-refractivity contribution in [3.05, 3.63) is 71.3 Å². The number of rotatable bonds is 4. The monoisotopic (exact) mass is 340 g/mol. The van der Waals surface area contributed by atoms with E-state index in [9.17, 15) is 9.59 Å². The quantitative estimate of drug-likeness (QED) is 0.629. The number of carbonyl (C=O) groups excluding carboxylic acids is 2. The third-order valence-electron chi connectivity index (χ3n) is 4.07. The first-order chi connectivity index (χ1) is 11.9. The van der Waals surface area contributed by atoms with Crippen molar-refractivity contribution in [1.29, 1.82) is 0 Å². The van der Waals surface area contributed by atoms with E-state index in [2.05, 4.69) is 0 Å². The molecule has 1 aliphatic heterocycles. The average molecular weight is 340 g/mol. The number of Topliss-reactive ketones (excluding diaryl/α,β-unsaturated/α-hetero) is 1. The van der Waals surface area contributed by atoms with Gasteiger partial charge in [0.25, 0.3) is 0 Å². The average Bonchev–Trinajstić information content (AvgIpc) is 2.97. The molecule has 0 N–H and O–H groups in total. The largest absolute Gasteiger partial charge is 0.465 e. The van der Waals surface area contributed by atoms with Crippen LogP contribution >= 0.6 is 0 Å². The summed E-state index contributed by atoms with van der Waals surface area (Å²) >= 11 is 0. The molecular weight excluding hydrogens is 320 g/mol. The predicted octanol–water partition coefficient (Wildman–Crippen LogP) is 3.55. The number of carbonyl (C=O) groups is 2. The Hall–Kier alpha value is -2.50. The molecule has 0 spiro atoms. The van der Waals surface area contributed by atoms with Gasteiger partial charge in [0, 0.05) is 5.56 Å². The van der Waals surface area contributed by atoms with Crippen LogP contribution in [0, 0.1) is 0 Å². The Kier molecular flexibility index (Phi) is 4.70. The minimum Gasteiger partial charge on any atom is -0.465 e. The van der Waals surface area contributed by atoms with Gasteiger partial charge in [0.1, 0.15) is 6.10 Å². The summed E-state index contributed by atoms with van der Waals surface area (Å²) in [7, 11) is 1.33. The molecule has 1 aliphatic rings. The van der Waals surface area contributed by atoms with Crippen LogP contribution in [0.1, 0.15) is 46.2 Å². The van der Waals surface area contributed by atoms with Crippen LogP contribution in [0.25, 0.3) is 0 Å². The van der Waals surface area contributed by atoms with Crippen molar-refractivity contribution < 1.29 is 23.8 Å². The van der Waals surface area contributed by atoms with E-state index in [0.29, 0.717) is 11.1 Å². The van der Waals surface area contributed by atoms with Gasteiger partial charge in [0.05, 0.1) is 12.7 Å². The van der Waals surface area contributed by atoms with Crippen LogP contribution in [0.3, 0.4) is 0 Å². The SMILES string of the molecule is COC(=O)c1ccc([C@@H]2OC(C)(C)O[C@@H]2C(=O)c2ccccc2)cc1. The highest BCUT2D eigenvalue weighted by Crippen LogP contribution is 2.39. The number of ketones is 1. The summed E-state index contributed by atoms with van der Waals surface area (Å²) in [5.41, 5.74) is 1.79. The maximum absolute atomic E-state index is 12.9. The molecule has 5 heteroatoms. The van der Waals surface area contributed by atoms with E-state index in [0.717, 1.165) is 5.56 Å². The van der Waals surface area contributed by atoms with Crippen LogP contribution in [0.4, 0.5) is 0 Å². The minimum atomic E-state index is -0.874. The number of hydrogen-bond donors (Lipinski definition) is 0. The predicted molar refractivity (Wildman–Crippen MR) is 91.3 cm³/mol. The van der Waals surface area contributed by atoms with Crippen LogP contribution in [0.2, 0.25) is 0 Å². The Morgan fingerprint density at radius 3 is 2.16 bits per heavy atom. The molecule has 0 saturated carbocycles. The molecule has 0 radical (unpaired) electrons. The van der Waals surface area contributed by atoms with Gasteiger partial charge in [-0.25, -0.2) is 4.79 Å². The van der Waals surface area contributed by atoms with Crippen LogP contribution in [-0.2, 0) is 14.2 Å². The fourth-order valence-electron chi connectivity index (χ4n) is 2.89. The number of hydrogen-bond acceptors (Lipinski definition) is 5. The fourth-order valence-corrected chi connectivity index (χ4v) is 2.89. The van der Waals surface area contributed by atoms with E-state index in [1.54, 1.807) is 50.2 Å². The van der Waals surface area contributed by atoms with E-state index >= 15 is 0 Å². The van der Waals surface area contributed by atoms with Crippen LogP contribution in [0.15, 0.2) is 54.6 Å². The molecule has 1 fully saturated rings. The standard InChI is InChI=1S/C20H20O5/c1-20(2)24-17(14-9-11-15(12-10-14)19(22)23-3)18(25-20)16(21)13-7-5-4-6-8-13/h4-12,17-18H,1-3H3/t17-,18+/m0/s1. The van der Waals surface area contributed by atoms with Gasteiger partial charge in [-0.05, 0) is 31.5 Å². The van der Waals surface area contributed by atoms with E-state index < -0.39 is 24.0 Å². The highest BCUT2D eigenvalue weighted by molar-refractivity contribution is 6.00. The van der Waals surface area contributed by atoms with Crippen LogP contribution in [-0.4, -0.2) is 30.8 Å². The van der Waals surface area contributed by atoms with Gasteiger partial charge >= 0.3 is 5.97 Å². The molecule has 3 rings (SSSR count). The van der Waals surface area contributed by atoms with Crippen molar-refractivity contribution in [2.75, 3.05) is 7.11 Å². The molecule has 0 unspecified atom stereocenters. The van der Waals surface area contributed by atoms with Crippen LogP contribution < -0.4 is 0 Å².